The first-order valence-corrected chi connectivity index (χ1v) is 6.48. The van der Waals surface area contributed by atoms with Crippen molar-refractivity contribution >= 4 is 15.7 Å². The van der Waals surface area contributed by atoms with Crippen molar-refractivity contribution < 1.29 is 8.42 Å². The van der Waals surface area contributed by atoms with Gasteiger partial charge >= 0.3 is 0 Å². The molecule has 1 aliphatic rings. The van der Waals surface area contributed by atoms with E-state index in [1.165, 1.54) is 18.9 Å². The van der Waals surface area contributed by atoms with Gasteiger partial charge in [0.25, 0.3) is 0 Å². The molecule has 4 nitrogen and oxygen atoms in total. The molecule has 1 fully saturated rings. The lowest BCUT2D eigenvalue weighted by atomic mass is 10.3. The molecular formula is C10H14N2O2S. The Balaban J connectivity index is 2.20. The van der Waals surface area contributed by atoms with Crippen molar-refractivity contribution in [1.82, 2.24) is 0 Å². The van der Waals surface area contributed by atoms with Crippen molar-refractivity contribution in [1.29, 1.82) is 0 Å². The number of hydrogen-bond donors (Lipinski definition) is 2. The first kappa shape index (κ1) is 10.4. The van der Waals surface area contributed by atoms with Crippen LogP contribution in [0.25, 0.3) is 0 Å². The van der Waals surface area contributed by atoms with Crippen LogP contribution in [0.3, 0.4) is 0 Å². The van der Waals surface area contributed by atoms with Crippen molar-refractivity contribution in [3.63, 3.8) is 0 Å². The Morgan fingerprint density at radius 2 is 2.00 bits per heavy atom. The van der Waals surface area contributed by atoms with E-state index in [0.29, 0.717) is 11.6 Å². The van der Waals surface area contributed by atoms with Gasteiger partial charge in [-0.3, -0.25) is 0 Å². The molecule has 1 aromatic carbocycles. The zero-order valence-corrected chi connectivity index (χ0v) is 9.13. The Labute approximate surface area is 89.5 Å². The van der Waals surface area contributed by atoms with E-state index < -0.39 is 10.0 Å². The molecule has 0 unspecified atom stereocenters. The number of rotatable bonds is 4. The van der Waals surface area contributed by atoms with E-state index in [-0.39, 0.29) is 4.90 Å². The van der Waals surface area contributed by atoms with Crippen LogP contribution in [-0.2, 0) is 10.0 Å². The van der Waals surface area contributed by atoms with Crippen LogP contribution in [0.5, 0.6) is 0 Å². The lowest BCUT2D eigenvalue weighted by Gasteiger charge is -2.09. The second kappa shape index (κ2) is 3.83. The van der Waals surface area contributed by atoms with Crippen molar-refractivity contribution in [3.8, 4) is 0 Å². The van der Waals surface area contributed by atoms with Gasteiger partial charge in [-0.15, -0.1) is 0 Å². The maximum absolute atomic E-state index is 11.3. The molecule has 15 heavy (non-hydrogen) atoms. The van der Waals surface area contributed by atoms with Gasteiger partial charge in [-0.2, -0.15) is 0 Å². The van der Waals surface area contributed by atoms with E-state index in [9.17, 15) is 8.42 Å². The third-order valence-corrected chi connectivity index (χ3v) is 3.44. The molecule has 0 heterocycles. The fourth-order valence-electron chi connectivity index (χ4n) is 1.44. The molecule has 0 aromatic heterocycles. The number of nitrogens with two attached hydrogens (primary N) is 1. The topological polar surface area (TPSA) is 72.2 Å². The minimum atomic E-state index is -3.62. The third kappa shape index (κ3) is 2.70. The van der Waals surface area contributed by atoms with E-state index in [0.717, 1.165) is 6.54 Å². The molecule has 1 aromatic rings. The fraction of sp³-hybridized carbons (Fsp3) is 0.400. The van der Waals surface area contributed by atoms with Crippen LogP contribution < -0.4 is 10.5 Å². The molecule has 0 spiro atoms. The molecule has 0 atom stereocenters. The van der Waals surface area contributed by atoms with Gasteiger partial charge in [-0.25, -0.2) is 13.6 Å². The summed E-state index contributed by atoms with van der Waals surface area (Å²) in [6.07, 6.45) is 2.45. The number of para-hydroxylation sites is 1. The molecule has 1 aliphatic carbocycles. The smallest absolute Gasteiger partial charge is 0.240 e. The molecule has 0 saturated heterocycles. The van der Waals surface area contributed by atoms with Crippen LogP contribution in [0.2, 0.25) is 0 Å². The quantitative estimate of drug-likeness (QED) is 0.809. The zero-order chi connectivity index (χ0) is 10.9. The Hall–Kier alpha value is -1.07. The highest BCUT2D eigenvalue weighted by atomic mass is 32.2. The van der Waals surface area contributed by atoms with Crippen LogP contribution in [0, 0.1) is 5.92 Å². The van der Waals surface area contributed by atoms with Gasteiger partial charge in [0.15, 0.2) is 0 Å². The van der Waals surface area contributed by atoms with Crippen molar-refractivity contribution in [3.05, 3.63) is 24.3 Å². The third-order valence-electron chi connectivity index (χ3n) is 2.47. The van der Waals surface area contributed by atoms with E-state index in [4.69, 9.17) is 5.14 Å². The summed E-state index contributed by atoms with van der Waals surface area (Å²) in [5.41, 5.74) is 0.604. The van der Waals surface area contributed by atoms with Crippen LogP contribution >= 0.6 is 0 Å². The average molecular weight is 226 g/mol. The predicted molar refractivity (Wildman–Crippen MR) is 59.0 cm³/mol. The summed E-state index contributed by atoms with van der Waals surface area (Å²) in [5, 5.41) is 8.23. The van der Waals surface area contributed by atoms with Gasteiger partial charge in [0.2, 0.25) is 10.0 Å². The predicted octanol–water partition coefficient (Wildman–Crippen LogP) is 1.16. The average Bonchev–Trinajstić information content (AvgIpc) is 2.97. The molecule has 0 radical (unpaired) electrons. The number of nitrogens with one attached hydrogen (secondary N) is 1. The van der Waals surface area contributed by atoms with Crippen LogP contribution in [0.15, 0.2) is 29.2 Å². The lowest BCUT2D eigenvalue weighted by molar-refractivity contribution is 0.598. The summed E-state index contributed by atoms with van der Waals surface area (Å²) in [7, 11) is -3.62. The van der Waals surface area contributed by atoms with Crippen molar-refractivity contribution in [2.24, 2.45) is 11.1 Å². The summed E-state index contributed by atoms with van der Waals surface area (Å²) in [6, 6.07) is 6.72. The molecule has 82 valence electrons. The summed E-state index contributed by atoms with van der Waals surface area (Å²) >= 11 is 0. The monoisotopic (exact) mass is 226 g/mol. The van der Waals surface area contributed by atoms with Crippen LogP contribution in [0.1, 0.15) is 12.8 Å². The zero-order valence-electron chi connectivity index (χ0n) is 8.31. The number of sulfonamides is 1. The molecule has 5 heteroatoms. The second-order valence-electron chi connectivity index (χ2n) is 3.87. The highest BCUT2D eigenvalue weighted by molar-refractivity contribution is 7.89. The lowest BCUT2D eigenvalue weighted by Crippen LogP contribution is -2.15. The minimum absolute atomic E-state index is 0.172. The maximum atomic E-state index is 11.3. The fourth-order valence-corrected chi connectivity index (χ4v) is 2.15. The molecule has 3 N–H and O–H groups in total. The standard InChI is InChI=1S/C10H14N2O2S/c11-15(13,14)10-4-2-1-3-9(10)12-7-8-5-6-8/h1-4,8,12H,5-7H2,(H2,11,13,14). The van der Waals surface area contributed by atoms with Crippen molar-refractivity contribution in [2.45, 2.75) is 17.7 Å². The minimum Gasteiger partial charge on any atom is -0.384 e. The van der Waals surface area contributed by atoms with Crippen LogP contribution in [0.4, 0.5) is 5.69 Å². The Morgan fingerprint density at radius 1 is 1.33 bits per heavy atom. The van der Waals surface area contributed by atoms with Gasteiger partial charge in [-0.1, -0.05) is 12.1 Å². The van der Waals surface area contributed by atoms with Gasteiger partial charge in [0.1, 0.15) is 4.90 Å². The number of anilines is 1. The summed E-state index contributed by atoms with van der Waals surface area (Å²) in [6.45, 7) is 0.826. The first-order chi connectivity index (χ1) is 7.07. The molecule has 0 aliphatic heterocycles. The number of benzene rings is 1. The largest absolute Gasteiger partial charge is 0.384 e. The highest BCUT2D eigenvalue weighted by Crippen LogP contribution is 2.29. The Bertz CT molecular complexity index is 452. The SMILES string of the molecule is NS(=O)(=O)c1ccccc1NCC1CC1. The van der Waals surface area contributed by atoms with E-state index in [2.05, 4.69) is 5.32 Å². The second-order valence-corrected chi connectivity index (χ2v) is 5.40. The van der Waals surface area contributed by atoms with Crippen molar-refractivity contribution in [2.75, 3.05) is 11.9 Å². The van der Waals surface area contributed by atoms with Gasteiger partial charge in [0.05, 0.1) is 5.69 Å². The number of hydrogen-bond acceptors (Lipinski definition) is 3. The van der Waals surface area contributed by atoms with Gasteiger partial charge in [0, 0.05) is 6.54 Å². The summed E-state index contributed by atoms with van der Waals surface area (Å²) < 4.78 is 22.5. The summed E-state index contributed by atoms with van der Waals surface area (Å²) in [4.78, 5) is 0.172. The van der Waals surface area contributed by atoms with Crippen LogP contribution in [-0.4, -0.2) is 15.0 Å². The van der Waals surface area contributed by atoms with E-state index in [1.54, 1.807) is 18.2 Å². The highest BCUT2D eigenvalue weighted by Gasteiger charge is 2.21. The molecule has 2 rings (SSSR count). The number of primary sulfonamides is 1. The molecule has 1 saturated carbocycles. The van der Waals surface area contributed by atoms with E-state index >= 15 is 0 Å². The Kier molecular flexibility index (Phi) is 2.67. The first-order valence-electron chi connectivity index (χ1n) is 4.93. The molecular weight excluding hydrogens is 212 g/mol. The summed E-state index contributed by atoms with van der Waals surface area (Å²) in [5.74, 6) is 0.693. The Morgan fingerprint density at radius 3 is 2.60 bits per heavy atom. The maximum Gasteiger partial charge on any atom is 0.240 e. The molecule has 0 amide bonds. The normalized spacial score (nSPS) is 16.3. The van der Waals surface area contributed by atoms with Gasteiger partial charge in [-0.05, 0) is 30.9 Å². The van der Waals surface area contributed by atoms with Gasteiger partial charge < -0.3 is 5.32 Å². The van der Waals surface area contributed by atoms with E-state index in [1.807, 2.05) is 0 Å². The molecule has 0 bridgehead atoms.